The van der Waals surface area contributed by atoms with E-state index in [1.165, 1.54) is 0 Å². The summed E-state index contributed by atoms with van der Waals surface area (Å²) >= 11 is 0. The number of aliphatic hydroxyl groups excluding tert-OH is 1. The van der Waals surface area contributed by atoms with Gasteiger partial charge in [-0.1, -0.05) is 30.3 Å². The normalized spacial score (nSPS) is 26.5. The van der Waals surface area contributed by atoms with Crippen molar-refractivity contribution in [1.29, 1.82) is 0 Å². The molecular weight excluding hydrogens is 372 g/mol. The molecule has 160 valence electrons. The maximum atomic E-state index is 12.5. The van der Waals surface area contributed by atoms with Gasteiger partial charge in [-0.2, -0.15) is 0 Å². The lowest BCUT2D eigenvalue weighted by Crippen LogP contribution is -2.53. The van der Waals surface area contributed by atoms with Crippen LogP contribution < -0.4 is 10.6 Å². The molecule has 1 aromatic carbocycles. The molecule has 7 nitrogen and oxygen atoms in total. The Morgan fingerprint density at radius 3 is 2.55 bits per heavy atom. The van der Waals surface area contributed by atoms with Crippen LogP contribution in [-0.2, 0) is 19.1 Å². The van der Waals surface area contributed by atoms with Gasteiger partial charge < -0.3 is 25.2 Å². The first-order valence-electron chi connectivity index (χ1n) is 10.6. The molecule has 3 rings (SSSR count). The number of amides is 2. The highest BCUT2D eigenvalue weighted by molar-refractivity contribution is 5.79. The third-order valence-corrected chi connectivity index (χ3v) is 5.81. The fourth-order valence-electron chi connectivity index (χ4n) is 4.04. The van der Waals surface area contributed by atoms with Gasteiger partial charge in [0.05, 0.1) is 31.2 Å². The van der Waals surface area contributed by atoms with Gasteiger partial charge in [-0.15, -0.1) is 0 Å². The number of carbonyl (C=O) groups is 2. The van der Waals surface area contributed by atoms with Crippen LogP contribution in [0.25, 0.3) is 0 Å². The zero-order chi connectivity index (χ0) is 20.6. The van der Waals surface area contributed by atoms with Crippen LogP contribution in [0.1, 0.15) is 50.6 Å². The average molecular weight is 405 g/mol. The molecule has 2 fully saturated rings. The molecule has 29 heavy (non-hydrogen) atoms. The maximum Gasteiger partial charge on any atom is 0.223 e. The van der Waals surface area contributed by atoms with E-state index in [1.807, 2.05) is 37.3 Å². The third-order valence-electron chi connectivity index (χ3n) is 5.81. The highest BCUT2D eigenvalue weighted by Gasteiger charge is 2.34. The van der Waals surface area contributed by atoms with Gasteiger partial charge in [0.15, 0.2) is 0 Å². The molecule has 2 aliphatic heterocycles. The van der Waals surface area contributed by atoms with E-state index in [9.17, 15) is 14.7 Å². The van der Waals surface area contributed by atoms with Gasteiger partial charge in [0.1, 0.15) is 6.10 Å². The number of carbonyl (C=O) groups excluding carboxylic acids is 2. The second-order valence-electron chi connectivity index (χ2n) is 7.96. The van der Waals surface area contributed by atoms with E-state index >= 15 is 0 Å². The molecule has 2 saturated heterocycles. The van der Waals surface area contributed by atoms with Gasteiger partial charge in [-0.25, -0.2) is 0 Å². The Bertz CT molecular complexity index is 662. The Labute approximate surface area is 172 Å². The monoisotopic (exact) mass is 404 g/mol. The molecule has 1 aromatic rings. The van der Waals surface area contributed by atoms with Crippen LogP contribution in [0.4, 0.5) is 0 Å². The molecule has 4 atom stereocenters. The molecule has 2 amide bonds. The topological polar surface area (TPSA) is 96.9 Å². The molecule has 2 aliphatic rings. The Hall–Kier alpha value is -1.96. The number of hydrogen-bond acceptors (Lipinski definition) is 5. The van der Waals surface area contributed by atoms with Crippen molar-refractivity contribution in [2.45, 2.75) is 63.3 Å². The van der Waals surface area contributed by atoms with Crippen molar-refractivity contribution in [2.24, 2.45) is 5.92 Å². The second-order valence-corrected chi connectivity index (χ2v) is 7.96. The number of aliphatic hydroxyl groups is 1. The lowest BCUT2D eigenvalue weighted by molar-refractivity contribution is -0.139. The lowest BCUT2D eigenvalue weighted by atomic mass is 9.94. The van der Waals surface area contributed by atoms with E-state index < -0.39 is 6.10 Å². The third kappa shape index (κ3) is 6.26. The molecule has 3 N–H and O–H groups in total. The molecule has 0 bridgehead atoms. The first kappa shape index (κ1) is 21.7. The zero-order valence-electron chi connectivity index (χ0n) is 17.0. The second kappa shape index (κ2) is 10.7. The van der Waals surface area contributed by atoms with Crippen molar-refractivity contribution in [1.82, 2.24) is 10.6 Å². The van der Waals surface area contributed by atoms with Crippen LogP contribution >= 0.6 is 0 Å². The van der Waals surface area contributed by atoms with Gasteiger partial charge in [0, 0.05) is 19.1 Å². The van der Waals surface area contributed by atoms with Crippen molar-refractivity contribution in [3.05, 3.63) is 35.9 Å². The minimum atomic E-state index is -0.489. The molecule has 0 unspecified atom stereocenters. The van der Waals surface area contributed by atoms with Gasteiger partial charge in [0.2, 0.25) is 11.8 Å². The van der Waals surface area contributed by atoms with Crippen molar-refractivity contribution in [2.75, 3.05) is 19.8 Å². The minimum absolute atomic E-state index is 0.00762. The van der Waals surface area contributed by atoms with Crippen molar-refractivity contribution >= 4 is 11.8 Å². The van der Waals surface area contributed by atoms with Crippen LogP contribution in [0.3, 0.4) is 0 Å². The molecule has 0 spiro atoms. The van der Waals surface area contributed by atoms with Gasteiger partial charge in [-0.3, -0.25) is 9.59 Å². The predicted octanol–water partition coefficient (Wildman–Crippen LogP) is 1.71. The molecule has 0 saturated carbocycles. The Morgan fingerprint density at radius 1 is 1.14 bits per heavy atom. The van der Waals surface area contributed by atoms with Gasteiger partial charge in [-0.05, 0) is 38.2 Å². The van der Waals surface area contributed by atoms with Gasteiger partial charge in [0.25, 0.3) is 0 Å². The molecular formula is C22H32N2O5. The lowest BCUT2D eigenvalue weighted by Gasteiger charge is -2.37. The summed E-state index contributed by atoms with van der Waals surface area (Å²) in [6, 6.07) is 9.50. The van der Waals surface area contributed by atoms with Crippen molar-refractivity contribution in [3.8, 4) is 0 Å². The molecule has 0 radical (unpaired) electrons. The number of rotatable bonds is 7. The number of nitrogens with one attached hydrogen (secondary N) is 2. The Kier molecular flexibility index (Phi) is 8.03. The zero-order valence-corrected chi connectivity index (χ0v) is 17.0. The standard InChI is InChI=1S/C22H32N2O5/c1-15(16-5-3-2-4-6-16)23-21(26)13-18-7-8-19(20(14-25)29-18)24-22(27)17-9-11-28-12-10-17/h2-6,15,17-20,25H,7-14H2,1H3,(H,23,26)(H,24,27)/t15-,18+,19+,20-/m1/s1. The summed E-state index contributed by atoms with van der Waals surface area (Å²) in [7, 11) is 0. The average Bonchev–Trinajstić information content (AvgIpc) is 2.75. The Morgan fingerprint density at radius 2 is 1.86 bits per heavy atom. The smallest absolute Gasteiger partial charge is 0.223 e. The van der Waals surface area contributed by atoms with Crippen LogP contribution in [0.15, 0.2) is 30.3 Å². The molecule has 0 aromatic heterocycles. The van der Waals surface area contributed by atoms with E-state index in [2.05, 4.69) is 10.6 Å². The van der Waals surface area contributed by atoms with Gasteiger partial charge >= 0.3 is 0 Å². The minimum Gasteiger partial charge on any atom is -0.394 e. The fourth-order valence-corrected chi connectivity index (χ4v) is 4.04. The summed E-state index contributed by atoms with van der Waals surface area (Å²) in [5.41, 5.74) is 1.05. The quantitative estimate of drug-likeness (QED) is 0.643. The highest BCUT2D eigenvalue weighted by Crippen LogP contribution is 2.24. The number of ether oxygens (including phenoxy) is 2. The summed E-state index contributed by atoms with van der Waals surface area (Å²) in [5.74, 6) is -0.105. The van der Waals surface area contributed by atoms with E-state index in [1.54, 1.807) is 0 Å². The predicted molar refractivity (Wildman–Crippen MR) is 108 cm³/mol. The van der Waals surface area contributed by atoms with Crippen LogP contribution in [-0.4, -0.2) is 55.0 Å². The Balaban J connectivity index is 1.46. The van der Waals surface area contributed by atoms with E-state index in [-0.39, 0.29) is 48.9 Å². The summed E-state index contributed by atoms with van der Waals surface area (Å²) in [6.45, 7) is 2.99. The largest absolute Gasteiger partial charge is 0.394 e. The summed E-state index contributed by atoms with van der Waals surface area (Å²) in [6.07, 6.45) is 2.31. The molecule has 7 heteroatoms. The molecule has 2 heterocycles. The SMILES string of the molecule is C[C@@H](NC(=O)C[C@@H]1CC[C@H](NC(=O)C2CCOCC2)[C@@H](CO)O1)c1ccccc1. The van der Waals surface area contributed by atoms with Crippen molar-refractivity contribution in [3.63, 3.8) is 0 Å². The fraction of sp³-hybridized carbons (Fsp3) is 0.636. The van der Waals surface area contributed by atoms with E-state index in [4.69, 9.17) is 9.47 Å². The summed E-state index contributed by atoms with van der Waals surface area (Å²) in [4.78, 5) is 24.9. The number of benzene rings is 1. The van der Waals surface area contributed by atoms with Crippen LogP contribution in [0, 0.1) is 5.92 Å². The molecule has 0 aliphatic carbocycles. The van der Waals surface area contributed by atoms with E-state index in [0.29, 0.717) is 26.1 Å². The van der Waals surface area contributed by atoms with Crippen molar-refractivity contribution < 1.29 is 24.2 Å². The summed E-state index contributed by atoms with van der Waals surface area (Å²) < 4.78 is 11.3. The number of hydrogen-bond donors (Lipinski definition) is 3. The van der Waals surface area contributed by atoms with Crippen LogP contribution in [0.2, 0.25) is 0 Å². The first-order chi connectivity index (χ1) is 14.1. The van der Waals surface area contributed by atoms with E-state index in [0.717, 1.165) is 18.4 Å². The summed E-state index contributed by atoms with van der Waals surface area (Å²) in [5, 5.41) is 15.8. The van der Waals surface area contributed by atoms with Crippen LogP contribution in [0.5, 0.6) is 0 Å². The first-order valence-corrected chi connectivity index (χ1v) is 10.6. The maximum absolute atomic E-state index is 12.5. The highest BCUT2D eigenvalue weighted by atomic mass is 16.5.